The molecule has 1 aliphatic heterocycles. The Morgan fingerprint density at radius 3 is 2.50 bits per heavy atom. The van der Waals surface area contributed by atoms with Crippen molar-refractivity contribution in [2.75, 3.05) is 0 Å². The summed E-state index contributed by atoms with van der Waals surface area (Å²) < 4.78 is 25.7. The average molecular weight is 310 g/mol. The fraction of sp³-hybridized carbons (Fsp3) is 0.143. The highest BCUT2D eigenvalue weighted by Gasteiger charge is 2.48. The first kappa shape index (κ1) is 13.6. The highest BCUT2D eigenvalue weighted by Crippen LogP contribution is 2.42. The third-order valence-electron chi connectivity index (χ3n) is 3.04. The summed E-state index contributed by atoms with van der Waals surface area (Å²) in [5.41, 5.74) is 1.72. The van der Waals surface area contributed by atoms with Crippen molar-refractivity contribution in [3.8, 4) is 0 Å². The molecule has 0 radical (unpaired) electrons. The maximum atomic E-state index is 12.3. The summed E-state index contributed by atoms with van der Waals surface area (Å²) in [4.78, 5) is 5.41. The van der Waals surface area contributed by atoms with Gasteiger partial charge in [-0.1, -0.05) is 41.4 Å². The van der Waals surface area contributed by atoms with Crippen molar-refractivity contribution in [1.29, 1.82) is 0 Å². The minimum atomic E-state index is -3.62. The van der Waals surface area contributed by atoms with Crippen LogP contribution < -0.4 is 0 Å². The third-order valence-corrected chi connectivity index (χ3v) is 4.89. The van der Waals surface area contributed by atoms with Crippen molar-refractivity contribution in [3.05, 3.63) is 64.7 Å². The van der Waals surface area contributed by atoms with Crippen LogP contribution in [0, 0.1) is 6.92 Å². The molecular weight excluding hydrogens is 298 g/mol. The van der Waals surface area contributed by atoms with Gasteiger partial charge in [0.1, 0.15) is 0 Å². The van der Waals surface area contributed by atoms with Crippen molar-refractivity contribution in [1.82, 2.24) is 4.47 Å². The van der Waals surface area contributed by atoms with E-state index in [1.165, 1.54) is 0 Å². The number of nitrogens with zero attached hydrogens (tertiary/aromatic N) is 1. The van der Waals surface area contributed by atoms with Crippen LogP contribution in [-0.2, 0) is 14.9 Å². The van der Waals surface area contributed by atoms with Gasteiger partial charge in [0.15, 0.2) is 6.23 Å². The molecule has 3 rings (SSSR count). The second-order valence-corrected chi connectivity index (χ2v) is 6.80. The first-order chi connectivity index (χ1) is 9.48. The molecule has 1 unspecified atom stereocenters. The first-order valence-electron chi connectivity index (χ1n) is 6.02. The van der Waals surface area contributed by atoms with Crippen molar-refractivity contribution in [3.63, 3.8) is 0 Å². The van der Waals surface area contributed by atoms with Crippen molar-refractivity contribution in [2.45, 2.75) is 18.0 Å². The van der Waals surface area contributed by atoms with Crippen LogP contribution in [-0.4, -0.2) is 12.9 Å². The lowest BCUT2D eigenvalue weighted by Gasteiger charge is -2.03. The second kappa shape index (κ2) is 4.86. The maximum absolute atomic E-state index is 12.3. The Morgan fingerprint density at radius 1 is 1.15 bits per heavy atom. The van der Waals surface area contributed by atoms with Crippen molar-refractivity contribution >= 4 is 21.6 Å². The molecule has 1 saturated heterocycles. The Bertz CT molecular complexity index is 743. The van der Waals surface area contributed by atoms with Gasteiger partial charge in [0.05, 0.1) is 4.90 Å². The van der Waals surface area contributed by atoms with E-state index in [1.807, 2.05) is 6.92 Å². The second-order valence-electron chi connectivity index (χ2n) is 4.59. The summed E-state index contributed by atoms with van der Waals surface area (Å²) in [6, 6.07) is 13.6. The molecule has 0 spiro atoms. The fourth-order valence-electron chi connectivity index (χ4n) is 1.91. The van der Waals surface area contributed by atoms with E-state index in [0.717, 1.165) is 10.0 Å². The Hall–Kier alpha value is -1.40. The highest BCUT2D eigenvalue weighted by molar-refractivity contribution is 7.89. The molecule has 0 N–H and O–H groups in total. The zero-order chi connectivity index (χ0) is 14.3. The smallest absolute Gasteiger partial charge is 0.253 e. The van der Waals surface area contributed by atoms with E-state index in [9.17, 15) is 8.42 Å². The zero-order valence-electron chi connectivity index (χ0n) is 10.7. The molecule has 2 aromatic carbocycles. The van der Waals surface area contributed by atoms with Gasteiger partial charge in [0, 0.05) is 10.6 Å². The lowest BCUT2D eigenvalue weighted by Crippen LogP contribution is -2.12. The molecule has 0 bridgehead atoms. The average Bonchev–Trinajstić information content (AvgIpc) is 3.20. The van der Waals surface area contributed by atoms with Crippen LogP contribution >= 0.6 is 11.6 Å². The van der Waals surface area contributed by atoms with E-state index in [1.54, 1.807) is 48.5 Å². The van der Waals surface area contributed by atoms with Crippen molar-refractivity contribution in [2.24, 2.45) is 0 Å². The fourth-order valence-corrected chi connectivity index (χ4v) is 3.37. The topological polar surface area (TPSA) is 49.7 Å². The molecule has 20 heavy (non-hydrogen) atoms. The van der Waals surface area contributed by atoms with E-state index < -0.39 is 16.3 Å². The Morgan fingerprint density at radius 2 is 1.85 bits per heavy atom. The molecule has 2 atom stereocenters. The van der Waals surface area contributed by atoms with Gasteiger partial charge in [0.25, 0.3) is 10.0 Å². The molecule has 0 amide bonds. The normalized spacial score (nSPS) is 21.7. The predicted octanol–water partition coefficient (Wildman–Crippen LogP) is 3.28. The van der Waals surface area contributed by atoms with Crippen LogP contribution in [0.2, 0.25) is 5.02 Å². The van der Waals surface area contributed by atoms with E-state index >= 15 is 0 Å². The molecule has 104 valence electrons. The summed E-state index contributed by atoms with van der Waals surface area (Å²) in [6.45, 7) is 1.90. The minimum absolute atomic E-state index is 0.215. The molecule has 1 aliphatic rings. The SMILES string of the molecule is Cc1ccc(S(=O)(=O)N2O[C@@H]2c2cccc(Cl)c2)cc1. The molecule has 0 aromatic heterocycles. The number of rotatable bonds is 3. The third kappa shape index (κ3) is 2.45. The molecule has 0 aliphatic carbocycles. The number of aryl methyl sites for hydroxylation is 1. The van der Waals surface area contributed by atoms with E-state index in [0.29, 0.717) is 10.6 Å². The Labute approximate surface area is 122 Å². The molecular formula is C14H12ClNO3S. The molecule has 1 fully saturated rings. The zero-order valence-corrected chi connectivity index (χ0v) is 12.2. The molecule has 0 saturated carbocycles. The van der Waals surface area contributed by atoms with Crippen molar-refractivity contribution < 1.29 is 13.3 Å². The van der Waals surface area contributed by atoms with Crippen LogP contribution in [0.1, 0.15) is 17.4 Å². The van der Waals surface area contributed by atoms with E-state index in [2.05, 4.69) is 0 Å². The molecule has 4 nitrogen and oxygen atoms in total. The van der Waals surface area contributed by atoms with Crippen LogP contribution in [0.3, 0.4) is 0 Å². The summed E-state index contributed by atoms with van der Waals surface area (Å²) in [5.74, 6) is 0. The predicted molar refractivity (Wildman–Crippen MR) is 75.5 cm³/mol. The number of halogens is 1. The number of hydroxylamine groups is 1. The number of sulfonamides is 1. The van der Waals surface area contributed by atoms with Gasteiger partial charge in [-0.05, 0) is 35.7 Å². The first-order valence-corrected chi connectivity index (χ1v) is 7.83. The lowest BCUT2D eigenvalue weighted by atomic mass is 10.2. The monoisotopic (exact) mass is 309 g/mol. The van der Waals surface area contributed by atoms with Gasteiger partial charge in [-0.15, -0.1) is 0 Å². The van der Waals surface area contributed by atoms with Gasteiger partial charge in [0.2, 0.25) is 0 Å². The quantitative estimate of drug-likeness (QED) is 0.818. The van der Waals surface area contributed by atoms with E-state index in [-0.39, 0.29) is 4.90 Å². The summed E-state index contributed by atoms with van der Waals surface area (Å²) in [6.07, 6.45) is -0.597. The van der Waals surface area contributed by atoms with Gasteiger partial charge in [-0.2, -0.15) is 0 Å². The summed E-state index contributed by atoms with van der Waals surface area (Å²) in [7, 11) is -3.62. The molecule has 1 heterocycles. The number of benzene rings is 2. The summed E-state index contributed by atoms with van der Waals surface area (Å²) in [5, 5.41) is 0.547. The standard InChI is InChI=1S/C14H12ClNO3S/c1-10-5-7-13(8-6-10)20(17,18)16-14(19-16)11-3-2-4-12(15)9-11/h2-9,14H,1H3/t14-,16?/m1/s1. The Kier molecular flexibility index (Phi) is 3.30. The minimum Gasteiger partial charge on any atom is -0.253 e. The largest absolute Gasteiger partial charge is 0.267 e. The number of hydrogen-bond donors (Lipinski definition) is 0. The van der Waals surface area contributed by atoms with Gasteiger partial charge in [-0.3, -0.25) is 4.84 Å². The van der Waals surface area contributed by atoms with Gasteiger partial charge < -0.3 is 0 Å². The molecule has 2 aromatic rings. The number of hydrogen-bond acceptors (Lipinski definition) is 3. The van der Waals surface area contributed by atoms with Gasteiger partial charge in [-0.25, -0.2) is 8.42 Å². The van der Waals surface area contributed by atoms with Crippen LogP contribution in [0.4, 0.5) is 0 Å². The van der Waals surface area contributed by atoms with Crippen LogP contribution in [0.5, 0.6) is 0 Å². The highest BCUT2D eigenvalue weighted by atomic mass is 35.5. The summed E-state index contributed by atoms with van der Waals surface area (Å²) >= 11 is 5.89. The van der Waals surface area contributed by atoms with Gasteiger partial charge >= 0.3 is 0 Å². The van der Waals surface area contributed by atoms with Crippen LogP contribution in [0.25, 0.3) is 0 Å². The maximum Gasteiger partial charge on any atom is 0.267 e. The molecule has 6 heteroatoms. The lowest BCUT2D eigenvalue weighted by molar-refractivity contribution is 0.283. The Balaban J connectivity index is 1.86. The van der Waals surface area contributed by atoms with E-state index in [4.69, 9.17) is 16.4 Å². The van der Waals surface area contributed by atoms with Crippen LogP contribution in [0.15, 0.2) is 53.4 Å².